The van der Waals surface area contributed by atoms with Gasteiger partial charge in [0, 0.05) is 0 Å². The molecule has 1 saturated carbocycles. The summed E-state index contributed by atoms with van der Waals surface area (Å²) in [5, 5.41) is 1.66. The molecule has 1 saturated heterocycles. The van der Waals surface area contributed by atoms with Crippen LogP contribution in [0.2, 0.25) is 0 Å². The van der Waals surface area contributed by atoms with E-state index in [2.05, 4.69) is 30.3 Å². The van der Waals surface area contributed by atoms with Gasteiger partial charge in [-0.3, -0.25) is 0 Å². The molecule has 3 atom stereocenters. The van der Waals surface area contributed by atoms with E-state index in [1.165, 1.54) is 31.8 Å². The van der Waals surface area contributed by atoms with Crippen LogP contribution in [0.4, 0.5) is 0 Å². The second-order valence-electron chi connectivity index (χ2n) is 4.58. The van der Waals surface area contributed by atoms with Gasteiger partial charge in [0.25, 0.3) is 0 Å². The SMILES string of the molecule is CC.c1ccc(P2CCC3CCCC32)cc1. The molecule has 1 heteroatoms. The lowest BCUT2D eigenvalue weighted by molar-refractivity contribution is 0.568. The minimum absolute atomic E-state index is 0.219. The minimum atomic E-state index is 0.219. The van der Waals surface area contributed by atoms with E-state index in [1.54, 1.807) is 5.30 Å². The Hall–Kier alpha value is -0.350. The van der Waals surface area contributed by atoms with Crippen LogP contribution in [0.5, 0.6) is 0 Å². The molecular weight excluding hydrogens is 211 g/mol. The fraction of sp³-hybridized carbons (Fsp3) is 0.600. The van der Waals surface area contributed by atoms with Gasteiger partial charge >= 0.3 is 0 Å². The Labute approximate surface area is 101 Å². The van der Waals surface area contributed by atoms with Crippen molar-refractivity contribution in [2.45, 2.75) is 45.2 Å². The Morgan fingerprint density at radius 3 is 2.50 bits per heavy atom. The third kappa shape index (κ3) is 2.33. The van der Waals surface area contributed by atoms with E-state index in [-0.39, 0.29) is 7.92 Å². The second kappa shape index (κ2) is 5.82. The molecule has 1 aromatic carbocycles. The Morgan fingerprint density at radius 1 is 1.00 bits per heavy atom. The van der Waals surface area contributed by atoms with Crippen LogP contribution in [-0.2, 0) is 0 Å². The van der Waals surface area contributed by atoms with Crippen molar-refractivity contribution in [3.05, 3.63) is 30.3 Å². The van der Waals surface area contributed by atoms with Gasteiger partial charge in [0.1, 0.15) is 0 Å². The van der Waals surface area contributed by atoms with Gasteiger partial charge in [-0.1, -0.05) is 58.5 Å². The molecule has 1 aromatic rings. The molecule has 0 bridgehead atoms. The van der Waals surface area contributed by atoms with E-state index >= 15 is 0 Å². The van der Waals surface area contributed by atoms with Crippen LogP contribution in [-0.4, -0.2) is 11.8 Å². The highest BCUT2D eigenvalue weighted by Crippen LogP contribution is 2.57. The lowest BCUT2D eigenvalue weighted by atomic mass is 10.1. The average molecular weight is 234 g/mol. The summed E-state index contributed by atoms with van der Waals surface area (Å²) in [7, 11) is 0.219. The number of benzene rings is 1. The van der Waals surface area contributed by atoms with Crippen molar-refractivity contribution in [2.24, 2.45) is 5.92 Å². The summed E-state index contributed by atoms with van der Waals surface area (Å²) >= 11 is 0. The van der Waals surface area contributed by atoms with Crippen LogP contribution >= 0.6 is 7.92 Å². The molecule has 88 valence electrons. The zero-order chi connectivity index (χ0) is 11.4. The minimum Gasteiger partial charge on any atom is -0.0719 e. The summed E-state index contributed by atoms with van der Waals surface area (Å²) in [5.41, 5.74) is 1.09. The average Bonchev–Trinajstić information content (AvgIpc) is 2.94. The van der Waals surface area contributed by atoms with Gasteiger partial charge in [-0.25, -0.2) is 0 Å². The normalized spacial score (nSPS) is 31.8. The Balaban J connectivity index is 0.000000457. The van der Waals surface area contributed by atoms with Gasteiger partial charge < -0.3 is 0 Å². The van der Waals surface area contributed by atoms with Crippen molar-refractivity contribution in [1.82, 2.24) is 0 Å². The first-order valence-electron chi connectivity index (χ1n) is 6.77. The molecule has 2 fully saturated rings. The zero-order valence-electron chi connectivity index (χ0n) is 10.5. The lowest BCUT2D eigenvalue weighted by Crippen LogP contribution is -2.10. The van der Waals surface area contributed by atoms with Gasteiger partial charge in [0.2, 0.25) is 0 Å². The van der Waals surface area contributed by atoms with Crippen molar-refractivity contribution in [3.8, 4) is 0 Å². The van der Waals surface area contributed by atoms with Crippen LogP contribution in [0.15, 0.2) is 30.3 Å². The molecule has 3 rings (SSSR count). The van der Waals surface area contributed by atoms with E-state index in [0.717, 1.165) is 11.6 Å². The standard InChI is InChI=1S/C13H17P.C2H6/c1-2-6-12(7-3-1)14-10-9-11-5-4-8-13(11)14;1-2/h1-3,6-7,11,13H,4-5,8-10H2;1-2H3. The summed E-state index contributed by atoms with van der Waals surface area (Å²) in [6.07, 6.45) is 7.57. The molecule has 0 radical (unpaired) electrons. The molecule has 0 amide bonds. The highest BCUT2D eigenvalue weighted by atomic mass is 31.1. The predicted octanol–water partition coefficient (Wildman–Crippen LogP) is 4.39. The van der Waals surface area contributed by atoms with E-state index in [9.17, 15) is 0 Å². The van der Waals surface area contributed by atoms with Gasteiger partial charge in [-0.2, -0.15) is 0 Å². The van der Waals surface area contributed by atoms with E-state index in [0.29, 0.717) is 0 Å². The Bertz CT molecular complexity index is 306. The largest absolute Gasteiger partial charge is 0.0719 e. The summed E-state index contributed by atoms with van der Waals surface area (Å²) < 4.78 is 0. The summed E-state index contributed by atoms with van der Waals surface area (Å²) in [5.74, 6) is 1.10. The molecule has 0 spiro atoms. The Kier molecular flexibility index (Phi) is 4.41. The molecule has 0 aromatic heterocycles. The van der Waals surface area contributed by atoms with Crippen LogP contribution in [0, 0.1) is 5.92 Å². The van der Waals surface area contributed by atoms with Crippen molar-refractivity contribution in [2.75, 3.05) is 6.16 Å². The molecule has 1 heterocycles. The van der Waals surface area contributed by atoms with Crippen molar-refractivity contribution in [1.29, 1.82) is 0 Å². The van der Waals surface area contributed by atoms with Crippen LogP contribution in [0.1, 0.15) is 39.5 Å². The first kappa shape index (κ1) is 12.1. The van der Waals surface area contributed by atoms with Crippen molar-refractivity contribution < 1.29 is 0 Å². The number of hydrogen-bond acceptors (Lipinski definition) is 0. The van der Waals surface area contributed by atoms with Crippen LogP contribution in [0.25, 0.3) is 0 Å². The first-order valence-corrected chi connectivity index (χ1v) is 8.36. The van der Waals surface area contributed by atoms with Gasteiger partial charge in [0.05, 0.1) is 0 Å². The van der Waals surface area contributed by atoms with Crippen molar-refractivity contribution >= 4 is 13.2 Å². The number of rotatable bonds is 1. The highest BCUT2D eigenvalue weighted by Gasteiger charge is 2.39. The first-order chi connectivity index (χ1) is 7.95. The third-order valence-corrected chi connectivity index (χ3v) is 7.03. The van der Waals surface area contributed by atoms with Gasteiger partial charge in [-0.15, -0.1) is 0 Å². The predicted molar refractivity (Wildman–Crippen MR) is 75.0 cm³/mol. The maximum atomic E-state index is 2.35. The molecule has 1 aliphatic carbocycles. The topological polar surface area (TPSA) is 0 Å². The Morgan fingerprint density at radius 2 is 1.75 bits per heavy atom. The number of fused-ring (bicyclic) bond motifs is 1. The third-order valence-electron chi connectivity index (χ3n) is 3.85. The molecule has 1 aliphatic heterocycles. The van der Waals surface area contributed by atoms with E-state index < -0.39 is 0 Å². The maximum Gasteiger partial charge on any atom is -0.0140 e. The summed E-state index contributed by atoms with van der Waals surface area (Å²) in [4.78, 5) is 0. The molecule has 0 N–H and O–H groups in total. The molecule has 2 aliphatic rings. The molecule has 16 heavy (non-hydrogen) atoms. The molecule has 0 nitrogen and oxygen atoms in total. The fourth-order valence-corrected chi connectivity index (χ4v) is 6.61. The highest BCUT2D eigenvalue weighted by molar-refractivity contribution is 7.66. The summed E-state index contributed by atoms with van der Waals surface area (Å²) in [6.45, 7) is 4.00. The quantitative estimate of drug-likeness (QED) is 0.632. The summed E-state index contributed by atoms with van der Waals surface area (Å²) in [6, 6.07) is 11.3. The zero-order valence-corrected chi connectivity index (χ0v) is 11.4. The number of hydrogen-bond donors (Lipinski definition) is 0. The fourth-order valence-electron chi connectivity index (χ4n) is 3.18. The van der Waals surface area contributed by atoms with Crippen LogP contribution < -0.4 is 5.30 Å². The van der Waals surface area contributed by atoms with Crippen LogP contribution in [0.3, 0.4) is 0 Å². The molecule has 3 unspecified atom stereocenters. The van der Waals surface area contributed by atoms with E-state index in [4.69, 9.17) is 0 Å². The van der Waals surface area contributed by atoms with Gasteiger partial charge in [0.15, 0.2) is 0 Å². The van der Waals surface area contributed by atoms with E-state index in [1.807, 2.05) is 13.8 Å². The van der Waals surface area contributed by atoms with Crippen molar-refractivity contribution in [3.63, 3.8) is 0 Å². The molecular formula is C15H23P. The monoisotopic (exact) mass is 234 g/mol. The maximum absolute atomic E-state index is 2.35. The van der Waals surface area contributed by atoms with Gasteiger partial charge in [-0.05, 0) is 42.3 Å². The second-order valence-corrected chi connectivity index (χ2v) is 7.14. The lowest BCUT2D eigenvalue weighted by Gasteiger charge is -2.19. The smallest absolute Gasteiger partial charge is 0.0140 e.